The van der Waals surface area contributed by atoms with Crippen molar-refractivity contribution in [2.75, 3.05) is 6.26 Å². The highest BCUT2D eigenvalue weighted by molar-refractivity contribution is 7.98. The van der Waals surface area contributed by atoms with Gasteiger partial charge in [-0.2, -0.15) is 0 Å². The molecule has 5 nitrogen and oxygen atoms in total. The fraction of sp³-hybridized carbons (Fsp3) is 0.308. The number of nitrogens with zero attached hydrogens (tertiary/aromatic N) is 4. The molecule has 0 aliphatic rings. The van der Waals surface area contributed by atoms with Crippen LogP contribution < -0.4 is 5.56 Å². The van der Waals surface area contributed by atoms with Gasteiger partial charge < -0.3 is 0 Å². The maximum Gasteiger partial charge on any atom is 0.262 e. The van der Waals surface area contributed by atoms with Gasteiger partial charge in [0.05, 0.1) is 10.9 Å². The molecule has 0 radical (unpaired) electrons. The van der Waals surface area contributed by atoms with Crippen molar-refractivity contribution in [1.29, 1.82) is 0 Å². The normalized spacial score (nSPS) is 11.6. The van der Waals surface area contributed by atoms with Gasteiger partial charge in [0.1, 0.15) is 5.82 Å². The molecule has 0 aliphatic heterocycles. The number of halogens is 1. The third-order valence-electron chi connectivity index (χ3n) is 3.16. The predicted octanol–water partition coefficient (Wildman–Crippen LogP) is 2.32. The van der Waals surface area contributed by atoms with Crippen molar-refractivity contribution in [3.8, 4) is 0 Å². The van der Waals surface area contributed by atoms with E-state index in [2.05, 4.69) is 10.2 Å². The average Bonchev–Trinajstić information content (AvgIpc) is 2.87. The van der Waals surface area contributed by atoms with E-state index in [1.54, 1.807) is 15.0 Å². The van der Waals surface area contributed by atoms with E-state index >= 15 is 0 Å². The summed E-state index contributed by atoms with van der Waals surface area (Å²) in [4.78, 5) is 12.5. The molecule has 104 valence electrons. The Bertz CT molecular complexity index is 855. The van der Waals surface area contributed by atoms with E-state index in [-0.39, 0.29) is 5.56 Å². The van der Waals surface area contributed by atoms with Crippen molar-refractivity contribution < 1.29 is 4.39 Å². The fourth-order valence-corrected chi connectivity index (χ4v) is 2.80. The predicted molar refractivity (Wildman–Crippen MR) is 76.8 cm³/mol. The highest BCUT2D eigenvalue weighted by Gasteiger charge is 2.16. The maximum absolute atomic E-state index is 13.4. The van der Waals surface area contributed by atoms with E-state index in [9.17, 15) is 9.18 Å². The molecule has 20 heavy (non-hydrogen) atoms. The van der Waals surface area contributed by atoms with Crippen molar-refractivity contribution in [1.82, 2.24) is 19.2 Å². The minimum Gasteiger partial charge on any atom is -0.276 e. The van der Waals surface area contributed by atoms with Crippen molar-refractivity contribution in [3.05, 3.63) is 34.4 Å². The summed E-state index contributed by atoms with van der Waals surface area (Å²) >= 11 is 1.44. The first-order valence-corrected chi connectivity index (χ1v) is 7.51. The summed E-state index contributed by atoms with van der Waals surface area (Å²) in [5.74, 6) is 0.0797. The lowest BCUT2D eigenvalue weighted by molar-refractivity contribution is 0.627. The summed E-state index contributed by atoms with van der Waals surface area (Å²) in [6.45, 7) is 2.51. The topological polar surface area (TPSA) is 52.2 Å². The first-order valence-electron chi connectivity index (χ1n) is 6.28. The molecule has 0 saturated heterocycles. The first-order chi connectivity index (χ1) is 9.67. The molecule has 1 aromatic carbocycles. The number of hydrogen-bond donors (Lipinski definition) is 0. The summed E-state index contributed by atoms with van der Waals surface area (Å²) in [6, 6.07) is 4.21. The average molecular weight is 292 g/mol. The van der Waals surface area contributed by atoms with E-state index in [0.717, 1.165) is 6.42 Å². The number of aryl methyl sites for hydroxylation is 1. The van der Waals surface area contributed by atoms with Crippen LogP contribution in [-0.4, -0.2) is 25.4 Å². The van der Waals surface area contributed by atoms with Crippen LogP contribution in [0.4, 0.5) is 4.39 Å². The smallest absolute Gasteiger partial charge is 0.262 e. The molecule has 0 bridgehead atoms. The number of hydrogen-bond acceptors (Lipinski definition) is 4. The van der Waals surface area contributed by atoms with Gasteiger partial charge in [-0.05, 0) is 30.9 Å². The van der Waals surface area contributed by atoms with Crippen molar-refractivity contribution >= 4 is 28.4 Å². The maximum atomic E-state index is 13.4. The van der Waals surface area contributed by atoms with Crippen LogP contribution in [0.3, 0.4) is 0 Å². The quantitative estimate of drug-likeness (QED) is 0.695. The number of rotatable bonds is 3. The van der Waals surface area contributed by atoms with E-state index in [0.29, 0.717) is 28.4 Å². The summed E-state index contributed by atoms with van der Waals surface area (Å²) in [5, 5.41) is 9.23. The van der Waals surface area contributed by atoms with Crippen molar-refractivity contribution in [3.63, 3.8) is 0 Å². The van der Waals surface area contributed by atoms with Crippen LogP contribution in [0.25, 0.3) is 16.7 Å². The summed E-state index contributed by atoms with van der Waals surface area (Å²) < 4.78 is 16.8. The largest absolute Gasteiger partial charge is 0.276 e. The second-order valence-electron chi connectivity index (χ2n) is 4.44. The van der Waals surface area contributed by atoms with Crippen LogP contribution in [0.15, 0.2) is 28.2 Å². The van der Waals surface area contributed by atoms with Crippen LogP contribution in [0, 0.1) is 5.82 Å². The van der Waals surface area contributed by atoms with Gasteiger partial charge in [0.15, 0.2) is 5.16 Å². The summed E-state index contributed by atoms with van der Waals surface area (Å²) in [7, 11) is 0. The highest BCUT2D eigenvalue weighted by atomic mass is 32.2. The molecule has 0 fully saturated rings. The molecule has 7 heteroatoms. The molecule has 0 N–H and O–H groups in total. The molecule has 0 atom stereocenters. The lowest BCUT2D eigenvalue weighted by atomic mass is 10.2. The van der Waals surface area contributed by atoms with E-state index in [1.165, 1.54) is 23.9 Å². The van der Waals surface area contributed by atoms with Crippen LogP contribution in [-0.2, 0) is 6.54 Å². The van der Waals surface area contributed by atoms with Gasteiger partial charge >= 0.3 is 0 Å². The Labute approximate surface area is 118 Å². The molecule has 2 heterocycles. The summed E-state index contributed by atoms with van der Waals surface area (Å²) in [5.41, 5.74) is 0.405. The van der Waals surface area contributed by atoms with Crippen molar-refractivity contribution in [2.24, 2.45) is 0 Å². The van der Waals surface area contributed by atoms with E-state index in [1.807, 2.05) is 13.2 Å². The number of aromatic nitrogens is 4. The fourth-order valence-electron chi connectivity index (χ4n) is 2.32. The van der Waals surface area contributed by atoms with Gasteiger partial charge in [0.2, 0.25) is 5.78 Å². The van der Waals surface area contributed by atoms with E-state index in [4.69, 9.17) is 0 Å². The first kappa shape index (κ1) is 13.1. The molecule has 0 spiro atoms. The second-order valence-corrected chi connectivity index (χ2v) is 5.21. The lowest BCUT2D eigenvalue weighted by Crippen LogP contribution is -2.23. The number of thioether (sulfide) groups is 1. The minimum atomic E-state index is -0.421. The SMILES string of the molecule is CCCn1c(=O)c2cc(F)ccc2n2c(SC)nnc12. The number of benzene rings is 1. The molecule has 2 aromatic heterocycles. The third kappa shape index (κ3) is 1.81. The monoisotopic (exact) mass is 292 g/mol. The molecule has 3 rings (SSSR count). The van der Waals surface area contributed by atoms with Gasteiger partial charge in [-0.25, -0.2) is 4.39 Å². The summed E-state index contributed by atoms with van der Waals surface area (Å²) in [6.07, 6.45) is 2.68. The third-order valence-corrected chi connectivity index (χ3v) is 3.79. The highest BCUT2D eigenvalue weighted by Crippen LogP contribution is 2.20. The molecule has 0 amide bonds. The molecule has 0 saturated carbocycles. The Morgan fingerprint density at radius 1 is 1.35 bits per heavy atom. The second kappa shape index (κ2) is 4.90. The van der Waals surface area contributed by atoms with Gasteiger partial charge in [0, 0.05) is 6.54 Å². The zero-order valence-electron chi connectivity index (χ0n) is 11.1. The Morgan fingerprint density at radius 3 is 2.85 bits per heavy atom. The van der Waals surface area contributed by atoms with Gasteiger partial charge in [0.25, 0.3) is 5.56 Å². The number of fused-ring (bicyclic) bond motifs is 3. The molecular formula is C13H13FN4OS. The van der Waals surface area contributed by atoms with Crippen molar-refractivity contribution in [2.45, 2.75) is 25.0 Å². The van der Waals surface area contributed by atoms with Crippen LogP contribution in [0.1, 0.15) is 13.3 Å². The minimum absolute atomic E-state index is 0.228. The Hall–Kier alpha value is -1.89. The van der Waals surface area contributed by atoms with E-state index < -0.39 is 5.82 Å². The Balaban J connectivity index is 2.56. The zero-order valence-corrected chi connectivity index (χ0v) is 11.9. The lowest BCUT2D eigenvalue weighted by Gasteiger charge is -2.09. The Kier molecular flexibility index (Phi) is 3.21. The molecular weight excluding hydrogens is 279 g/mol. The molecule has 0 aliphatic carbocycles. The standard InChI is InChI=1S/C13H13FN4OS/c1-3-6-17-11(19)9-7-8(14)4-5-10(9)18-12(17)15-16-13(18)20-2/h4-5,7H,3,6H2,1-2H3. The molecule has 0 unspecified atom stereocenters. The Morgan fingerprint density at radius 2 is 2.15 bits per heavy atom. The molecule has 3 aromatic rings. The van der Waals surface area contributed by atoms with Gasteiger partial charge in [-0.15, -0.1) is 10.2 Å². The van der Waals surface area contributed by atoms with Gasteiger partial charge in [-0.1, -0.05) is 18.7 Å². The van der Waals surface area contributed by atoms with Crippen LogP contribution >= 0.6 is 11.8 Å². The van der Waals surface area contributed by atoms with Crippen LogP contribution in [0.5, 0.6) is 0 Å². The van der Waals surface area contributed by atoms with Gasteiger partial charge in [-0.3, -0.25) is 13.8 Å². The van der Waals surface area contributed by atoms with Crippen LogP contribution in [0.2, 0.25) is 0 Å². The zero-order chi connectivity index (χ0) is 14.3.